The Balaban J connectivity index is 1.82. The van der Waals surface area contributed by atoms with Crippen LogP contribution in [0, 0.1) is 0 Å². The van der Waals surface area contributed by atoms with Gasteiger partial charge in [0.2, 0.25) is 0 Å². The first-order valence-electron chi connectivity index (χ1n) is 9.62. The predicted octanol–water partition coefficient (Wildman–Crippen LogP) is 2.73. The number of nitrogens with zero attached hydrogens (tertiary/aromatic N) is 4. The van der Waals surface area contributed by atoms with Crippen molar-refractivity contribution in [2.75, 3.05) is 31.2 Å². The summed E-state index contributed by atoms with van der Waals surface area (Å²) in [4.78, 5) is 16.5. The fourth-order valence-corrected chi connectivity index (χ4v) is 3.23. The van der Waals surface area contributed by atoms with E-state index < -0.39 is 0 Å². The summed E-state index contributed by atoms with van der Waals surface area (Å²) in [5.74, 6) is 1.60. The van der Waals surface area contributed by atoms with Crippen LogP contribution >= 0.6 is 0 Å². The summed E-state index contributed by atoms with van der Waals surface area (Å²) in [6.45, 7) is 7.85. The zero-order valence-corrected chi connectivity index (χ0v) is 16.2. The predicted molar refractivity (Wildman–Crippen MR) is 109 cm³/mol. The van der Waals surface area contributed by atoms with Crippen LogP contribution in [-0.4, -0.2) is 52.4 Å². The third-order valence-electron chi connectivity index (χ3n) is 4.70. The van der Waals surface area contributed by atoms with E-state index in [0.717, 1.165) is 47.6 Å². The average Bonchev–Trinajstić information content (AvgIpc) is 2.72. The maximum absolute atomic E-state index is 9.87. The van der Waals surface area contributed by atoms with Crippen LogP contribution in [0.5, 0.6) is 5.75 Å². The lowest BCUT2D eigenvalue weighted by atomic mass is 10.1. The monoisotopic (exact) mass is 379 g/mol. The smallest absolute Gasteiger partial charge is 0.162 e. The first kappa shape index (κ1) is 18.6. The van der Waals surface area contributed by atoms with Gasteiger partial charge >= 0.3 is 0 Å². The SMILES string of the molecule is CC(C)NCc1cnc2c(N3CCOCC3)nc(-c3cccc(O)c3)nc2c1. The van der Waals surface area contributed by atoms with Crippen molar-refractivity contribution < 1.29 is 9.84 Å². The Kier molecular flexibility index (Phi) is 5.36. The Morgan fingerprint density at radius 1 is 1.18 bits per heavy atom. The van der Waals surface area contributed by atoms with E-state index in [1.54, 1.807) is 18.2 Å². The molecule has 1 aliphatic heterocycles. The van der Waals surface area contributed by atoms with Crippen molar-refractivity contribution in [3.8, 4) is 17.1 Å². The third-order valence-corrected chi connectivity index (χ3v) is 4.70. The van der Waals surface area contributed by atoms with Gasteiger partial charge in [0.05, 0.1) is 18.7 Å². The van der Waals surface area contributed by atoms with Gasteiger partial charge in [-0.3, -0.25) is 4.98 Å². The standard InChI is InChI=1S/C21H25N5O2/c1-14(2)22-12-15-10-18-19(23-13-15)21(26-6-8-28-9-7-26)25-20(24-18)16-4-3-5-17(27)11-16/h3-5,10-11,13-14,22,27H,6-9,12H2,1-2H3. The van der Waals surface area contributed by atoms with Gasteiger partial charge in [0.1, 0.15) is 11.3 Å². The molecule has 3 aromatic rings. The van der Waals surface area contributed by atoms with Crippen LogP contribution in [0.3, 0.4) is 0 Å². The molecule has 3 heterocycles. The molecule has 0 atom stereocenters. The van der Waals surface area contributed by atoms with Crippen LogP contribution in [0.15, 0.2) is 36.5 Å². The second-order valence-corrected chi connectivity index (χ2v) is 7.27. The van der Waals surface area contributed by atoms with Crippen molar-refractivity contribution in [2.24, 2.45) is 0 Å². The van der Waals surface area contributed by atoms with Crippen molar-refractivity contribution in [2.45, 2.75) is 26.4 Å². The molecule has 0 amide bonds. The lowest BCUT2D eigenvalue weighted by Crippen LogP contribution is -2.37. The van der Waals surface area contributed by atoms with Gasteiger partial charge in [-0.1, -0.05) is 26.0 Å². The van der Waals surface area contributed by atoms with E-state index in [0.29, 0.717) is 25.1 Å². The van der Waals surface area contributed by atoms with Crippen LogP contribution in [0.1, 0.15) is 19.4 Å². The van der Waals surface area contributed by atoms with E-state index in [9.17, 15) is 5.11 Å². The van der Waals surface area contributed by atoms with E-state index in [4.69, 9.17) is 14.7 Å². The molecule has 4 rings (SSSR count). The summed E-state index contributed by atoms with van der Waals surface area (Å²) in [6.07, 6.45) is 1.89. The molecule has 1 saturated heterocycles. The maximum atomic E-state index is 9.87. The summed E-state index contributed by atoms with van der Waals surface area (Å²) in [5.41, 5.74) is 3.45. The van der Waals surface area contributed by atoms with Gasteiger partial charge in [-0.2, -0.15) is 0 Å². The molecular weight excluding hydrogens is 354 g/mol. The molecule has 0 spiro atoms. The van der Waals surface area contributed by atoms with Crippen molar-refractivity contribution >= 4 is 16.9 Å². The Labute approximate surface area is 164 Å². The van der Waals surface area contributed by atoms with Gasteiger partial charge in [-0.05, 0) is 23.8 Å². The number of fused-ring (bicyclic) bond motifs is 1. The molecule has 1 aromatic carbocycles. The molecular formula is C21H25N5O2. The minimum atomic E-state index is 0.196. The number of aromatic nitrogens is 3. The first-order valence-corrected chi connectivity index (χ1v) is 9.62. The Morgan fingerprint density at radius 3 is 2.75 bits per heavy atom. The van der Waals surface area contributed by atoms with Crippen LogP contribution in [-0.2, 0) is 11.3 Å². The number of pyridine rings is 1. The number of nitrogens with one attached hydrogen (secondary N) is 1. The Bertz CT molecular complexity index is 970. The minimum Gasteiger partial charge on any atom is -0.508 e. The van der Waals surface area contributed by atoms with Crippen LogP contribution in [0.25, 0.3) is 22.4 Å². The molecule has 2 aromatic heterocycles. The number of benzene rings is 1. The second kappa shape index (κ2) is 8.08. The molecule has 0 radical (unpaired) electrons. The fourth-order valence-electron chi connectivity index (χ4n) is 3.23. The van der Waals surface area contributed by atoms with Crippen molar-refractivity contribution in [3.63, 3.8) is 0 Å². The molecule has 0 saturated carbocycles. The summed E-state index contributed by atoms with van der Waals surface area (Å²) < 4.78 is 5.49. The summed E-state index contributed by atoms with van der Waals surface area (Å²) in [7, 11) is 0. The number of phenolic OH excluding ortho intramolecular Hbond substituents is 1. The zero-order chi connectivity index (χ0) is 19.5. The highest BCUT2D eigenvalue weighted by molar-refractivity contribution is 5.88. The van der Waals surface area contributed by atoms with Gasteiger partial charge in [-0.15, -0.1) is 0 Å². The molecule has 0 aliphatic carbocycles. The molecule has 2 N–H and O–H groups in total. The number of hydrogen-bond acceptors (Lipinski definition) is 7. The van der Waals surface area contributed by atoms with Crippen LogP contribution < -0.4 is 10.2 Å². The number of anilines is 1. The molecule has 0 bridgehead atoms. The second-order valence-electron chi connectivity index (χ2n) is 7.27. The number of ether oxygens (including phenoxy) is 1. The van der Waals surface area contributed by atoms with Crippen LogP contribution in [0.4, 0.5) is 5.82 Å². The summed E-state index contributed by atoms with van der Waals surface area (Å²) >= 11 is 0. The molecule has 1 fully saturated rings. The minimum absolute atomic E-state index is 0.196. The number of aromatic hydroxyl groups is 1. The van der Waals surface area contributed by atoms with E-state index in [2.05, 4.69) is 35.1 Å². The average molecular weight is 379 g/mol. The van der Waals surface area contributed by atoms with E-state index in [1.807, 2.05) is 12.3 Å². The summed E-state index contributed by atoms with van der Waals surface area (Å²) in [5, 5.41) is 13.3. The van der Waals surface area contributed by atoms with E-state index >= 15 is 0 Å². The normalized spacial score (nSPS) is 14.8. The molecule has 146 valence electrons. The highest BCUT2D eigenvalue weighted by atomic mass is 16.5. The van der Waals surface area contributed by atoms with Gasteiger partial charge in [0.25, 0.3) is 0 Å². The van der Waals surface area contributed by atoms with Crippen molar-refractivity contribution in [1.29, 1.82) is 0 Å². The topological polar surface area (TPSA) is 83.4 Å². The molecule has 28 heavy (non-hydrogen) atoms. The van der Waals surface area contributed by atoms with E-state index in [-0.39, 0.29) is 5.75 Å². The number of phenols is 1. The van der Waals surface area contributed by atoms with Gasteiger partial charge in [0.15, 0.2) is 11.6 Å². The number of hydrogen-bond donors (Lipinski definition) is 2. The maximum Gasteiger partial charge on any atom is 0.162 e. The van der Waals surface area contributed by atoms with Gasteiger partial charge < -0.3 is 20.1 Å². The molecule has 7 heteroatoms. The molecule has 1 aliphatic rings. The largest absolute Gasteiger partial charge is 0.508 e. The van der Waals surface area contributed by atoms with Crippen molar-refractivity contribution in [1.82, 2.24) is 20.3 Å². The quantitative estimate of drug-likeness (QED) is 0.705. The van der Waals surface area contributed by atoms with Crippen molar-refractivity contribution in [3.05, 3.63) is 42.1 Å². The summed E-state index contributed by atoms with van der Waals surface area (Å²) in [6, 6.07) is 9.49. The lowest BCUT2D eigenvalue weighted by molar-refractivity contribution is 0.122. The Morgan fingerprint density at radius 2 is 2.00 bits per heavy atom. The lowest BCUT2D eigenvalue weighted by Gasteiger charge is -2.28. The highest BCUT2D eigenvalue weighted by Crippen LogP contribution is 2.28. The zero-order valence-electron chi connectivity index (χ0n) is 16.2. The highest BCUT2D eigenvalue weighted by Gasteiger charge is 2.19. The first-order chi connectivity index (χ1) is 13.6. The van der Waals surface area contributed by atoms with E-state index in [1.165, 1.54) is 0 Å². The molecule has 7 nitrogen and oxygen atoms in total. The third kappa shape index (κ3) is 4.05. The Hall–Kier alpha value is -2.77. The van der Waals surface area contributed by atoms with Crippen LogP contribution in [0.2, 0.25) is 0 Å². The molecule has 0 unspecified atom stereocenters. The number of morpholine rings is 1. The van der Waals surface area contributed by atoms with Gasteiger partial charge in [0, 0.05) is 37.4 Å². The van der Waals surface area contributed by atoms with Gasteiger partial charge in [-0.25, -0.2) is 9.97 Å². The number of rotatable bonds is 5. The fraction of sp³-hybridized carbons (Fsp3) is 0.381.